The summed E-state index contributed by atoms with van der Waals surface area (Å²) in [6.07, 6.45) is 3.52. The molecule has 0 heterocycles. The Hall–Kier alpha value is 0.526. The average Bonchev–Trinajstić information content (AvgIpc) is 1.89. The Balaban J connectivity index is -0.000000405. The summed E-state index contributed by atoms with van der Waals surface area (Å²) in [5.74, 6) is -1.11. The maximum atomic E-state index is 10.3. The molecule has 68 valence electrons. The summed E-state index contributed by atoms with van der Waals surface area (Å²) in [7, 11) is 0. The van der Waals surface area contributed by atoms with Gasteiger partial charge in [-0.2, -0.15) is 0 Å². The number of unbranched alkanes of at least 4 members (excludes halogenated alkanes) is 1. The molecule has 12 heavy (non-hydrogen) atoms. The summed E-state index contributed by atoms with van der Waals surface area (Å²) in [4.78, 5) is 10.3. The van der Waals surface area contributed by atoms with Crippen molar-refractivity contribution in [2.45, 2.75) is 39.5 Å². The molecule has 0 saturated heterocycles. The molecule has 1 unspecified atom stereocenters. The summed E-state index contributed by atoms with van der Waals surface area (Å²) < 4.78 is 0. The van der Waals surface area contributed by atoms with Crippen molar-refractivity contribution in [3.8, 4) is 0 Å². The van der Waals surface area contributed by atoms with Crippen molar-refractivity contribution >= 4 is 29.0 Å². The van der Waals surface area contributed by atoms with Crippen molar-refractivity contribution in [2.24, 2.45) is 5.92 Å². The first kappa shape index (κ1) is 18.3. The molecule has 0 rings (SSSR count). The Morgan fingerprint density at radius 1 is 1.42 bits per heavy atom. The van der Waals surface area contributed by atoms with Gasteiger partial charge in [0, 0.05) is 5.97 Å². The van der Waals surface area contributed by atoms with E-state index in [1.807, 2.05) is 6.92 Å². The molecule has 2 nitrogen and oxygen atoms in total. The van der Waals surface area contributed by atoms with Crippen molar-refractivity contribution in [1.82, 2.24) is 0 Å². The minimum atomic E-state index is -0.893. The van der Waals surface area contributed by atoms with Crippen LogP contribution in [-0.4, -0.2) is 29.0 Å². The first-order valence-corrected chi connectivity index (χ1v) is 3.93. The molecule has 0 spiro atoms. The van der Waals surface area contributed by atoms with E-state index in [-0.39, 0.29) is 41.4 Å². The van der Waals surface area contributed by atoms with Crippen LogP contribution in [0.1, 0.15) is 39.5 Å². The van der Waals surface area contributed by atoms with Gasteiger partial charge < -0.3 is 22.3 Å². The molecule has 4 heteroatoms. The number of carboxylic acids is 1. The largest absolute Gasteiger partial charge is 2.00 e. The van der Waals surface area contributed by atoms with Gasteiger partial charge >= 0.3 is 23.1 Å². The molecule has 0 aromatic rings. The summed E-state index contributed by atoms with van der Waals surface area (Å²) in [5.41, 5.74) is 0. The van der Waals surface area contributed by atoms with E-state index in [0.29, 0.717) is 6.42 Å². The third-order valence-corrected chi connectivity index (χ3v) is 1.73. The first-order chi connectivity index (χ1) is 4.72. The van der Waals surface area contributed by atoms with E-state index in [0.717, 1.165) is 19.3 Å². The molecule has 0 N–H and O–H groups in total. The fourth-order valence-electron chi connectivity index (χ4n) is 0.939. The zero-order valence-electron chi connectivity index (χ0n) is 7.81. The minimum absolute atomic E-state index is 0. The number of carboxylic acid groups (broad SMARTS) is 1. The van der Waals surface area contributed by atoms with Gasteiger partial charge in [0.1, 0.15) is 0 Å². The van der Waals surface area contributed by atoms with Gasteiger partial charge in [0.2, 0.25) is 0 Å². The Kier molecular flexibility index (Phi) is 17.6. The van der Waals surface area contributed by atoms with Gasteiger partial charge in [-0.25, -0.2) is 0 Å². The van der Waals surface area contributed by atoms with Gasteiger partial charge in [0.05, 0.1) is 0 Å². The summed E-state index contributed by atoms with van der Waals surface area (Å²) >= 11 is 0. The number of hydrogen-bond donors (Lipinski definition) is 0. The van der Waals surface area contributed by atoms with Crippen molar-refractivity contribution in [3.05, 3.63) is 0 Å². The van der Waals surface area contributed by atoms with Crippen LogP contribution < -0.4 is 17.5 Å². The molecule has 0 fully saturated rings. The quantitative estimate of drug-likeness (QED) is 0.466. The number of halogens is 1. The molecule has 0 bridgehead atoms. The van der Waals surface area contributed by atoms with Gasteiger partial charge in [0.15, 0.2) is 0 Å². The fraction of sp³-hybridized carbons (Fsp3) is 0.875. The Labute approximate surface area is 96.7 Å². The van der Waals surface area contributed by atoms with Crippen LogP contribution in [0.2, 0.25) is 0 Å². The van der Waals surface area contributed by atoms with Crippen LogP contribution in [0.25, 0.3) is 0 Å². The fourth-order valence-corrected chi connectivity index (χ4v) is 0.939. The molecule has 0 saturated carbocycles. The Morgan fingerprint density at radius 2 is 1.92 bits per heavy atom. The third kappa shape index (κ3) is 8.62. The van der Waals surface area contributed by atoms with E-state index in [1.54, 1.807) is 0 Å². The van der Waals surface area contributed by atoms with Crippen LogP contribution in [0.15, 0.2) is 0 Å². The van der Waals surface area contributed by atoms with Crippen molar-refractivity contribution in [2.75, 3.05) is 0 Å². The molecule has 1 atom stereocenters. The zero-order valence-corrected chi connectivity index (χ0v) is 9.98. The van der Waals surface area contributed by atoms with Gasteiger partial charge in [-0.15, -0.1) is 0 Å². The number of carbonyl (C=O) groups is 1. The second-order valence-corrected chi connectivity index (χ2v) is 2.57. The van der Waals surface area contributed by atoms with E-state index >= 15 is 0 Å². The summed E-state index contributed by atoms with van der Waals surface area (Å²) in [6.45, 7) is 3.94. The summed E-state index contributed by atoms with van der Waals surface area (Å²) in [6, 6.07) is 0. The SMILES string of the molecule is CCCCC(CC)C(=O)[O-].[Cl-].[Mg+2]. The van der Waals surface area contributed by atoms with Crippen LogP contribution in [-0.2, 0) is 4.79 Å². The smallest absolute Gasteiger partial charge is 1.00 e. The molecule has 0 aliphatic rings. The van der Waals surface area contributed by atoms with Crippen LogP contribution in [0.3, 0.4) is 0 Å². The number of aliphatic carboxylic acids is 1. The van der Waals surface area contributed by atoms with Crippen molar-refractivity contribution in [3.63, 3.8) is 0 Å². The van der Waals surface area contributed by atoms with E-state index in [2.05, 4.69) is 6.92 Å². The first-order valence-electron chi connectivity index (χ1n) is 3.93. The molecule has 0 aliphatic carbocycles. The number of rotatable bonds is 5. The molecular formula is C8H15ClMgO2. The molecular weight excluding hydrogens is 188 g/mol. The van der Waals surface area contributed by atoms with Gasteiger partial charge in [-0.05, 0) is 18.8 Å². The maximum absolute atomic E-state index is 10.3. The molecule has 0 aromatic heterocycles. The van der Waals surface area contributed by atoms with Gasteiger partial charge in [-0.1, -0.05) is 26.7 Å². The third-order valence-electron chi connectivity index (χ3n) is 1.73. The number of carbonyl (C=O) groups excluding carboxylic acids is 1. The molecule has 0 radical (unpaired) electrons. The van der Waals surface area contributed by atoms with Gasteiger partial charge in [0.25, 0.3) is 0 Å². The Morgan fingerprint density at radius 3 is 2.17 bits per heavy atom. The molecule has 0 aliphatic heterocycles. The van der Waals surface area contributed by atoms with E-state index in [4.69, 9.17) is 0 Å². The zero-order chi connectivity index (χ0) is 7.98. The molecule has 0 amide bonds. The van der Waals surface area contributed by atoms with E-state index in [9.17, 15) is 9.90 Å². The van der Waals surface area contributed by atoms with Crippen LogP contribution >= 0.6 is 0 Å². The average molecular weight is 203 g/mol. The maximum Gasteiger partial charge on any atom is 2.00 e. The molecule has 0 aromatic carbocycles. The summed E-state index contributed by atoms with van der Waals surface area (Å²) in [5, 5.41) is 10.3. The van der Waals surface area contributed by atoms with Crippen LogP contribution in [0, 0.1) is 5.92 Å². The second kappa shape index (κ2) is 11.5. The van der Waals surface area contributed by atoms with Gasteiger partial charge in [-0.3, -0.25) is 0 Å². The van der Waals surface area contributed by atoms with E-state index < -0.39 is 5.97 Å². The Bertz CT molecular complexity index is 109. The normalized spacial score (nSPS) is 10.8. The van der Waals surface area contributed by atoms with Crippen LogP contribution in [0.4, 0.5) is 0 Å². The van der Waals surface area contributed by atoms with Crippen molar-refractivity contribution < 1.29 is 22.3 Å². The van der Waals surface area contributed by atoms with E-state index in [1.165, 1.54) is 0 Å². The number of hydrogen-bond acceptors (Lipinski definition) is 2. The van der Waals surface area contributed by atoms with Crippen molar-refractivity contribution in [1.29, 1.82) is 0 Å². The van der Waals surface area contributed by atoms with Crippen LogP contribution in [0.5, 0.6) is 0 Å². The second-order valence-electron chi connectivity index (χ2n) is 2.57. The monoisotopic (exact) mass is 202 g/mol. The standard InChI is InChI=1S/C8H16O2.ClH.Mg/c1-3-5-6-7(4-2)8(9)10;;/h7H,3-6H2,1-2H3,(H,9,10);1H;/q;;+2/p-2. The topological polar surface area (TPSA) is 40.1 Å². The minimum Gasteiger partial charge on any atom is -1.00 e. The predicted molar refractivity (Wildman–Crippen MR) is 44.1 cm³/mol. The predicted octanol–water partition coefficient (Wildman–Crippen LogP) is -2.42.